The van der Waals surface area contributed by atoms with E-state index < -0.39 is 0 Å². The number of methoxy groups -OCH3 is 1. The van der Waals surface area contributed by atoms with Gasteiger partial charge in [-0.15, -0.1) is 12.4 Å². The van der Waals surface area contributed by atoms with Crippen LogP contribution in [0.2, 0.25) is 0 Å². The van der Waals surface area contributed by atoms with Crippen LogP contribution in [0.4, 0.5) is 0 Å². The summed E-state index contributed by atoms with van der Waals surface area (Å²) in [4.78, 5) is 12.2. The van der Waals surface area contributed by atoms with Crippen LogP contribution < -0.4 is 10.6 Å². The Hall–Kier alpha value is -1.88. The van der Waals surface area contributed by atoms with E-state index >= 15 is 0 Å². The highest BCUT2D eigenvalue weighted by molar-refractivity contribution is 5.85. The molecule has 0 spiro atoms. The second kappa shape index (κ2) is 11.6. The van der Waals surface area contributed by atoms with Crippen molar-refractivity contribution in [3.63, 3.8) is 0 Å². The molecule has 0 heterocycles. The average Bonchev–Trinajstić information content (AvgIpc) is 2.61. The molecule has 2 aromatic rings. The number of carbonyl (C=O) groups excluding carboxylic acids is 1. The normalized spacial score (nSPS) is 11.6. The van der Waals surface area contributed by atoms with E-state index in [0.29, 0.717) is 19.7 Å². The van der Waals surface area contributed by atoms with Gasteiger partial charge in [-0.1, -0.05) is 60.7 Å². The molecule has 5 heteroatoms. The molecule has 25 heavy (non-hydrogen) atoms. The Morgan fingerprint density at radius 3 is 2.00 bits per heavy atom. The largest absolute Gasteiger partial charge is 0.383 e. The first-order valence-corrected chi connectivity index (χ1v) is 8.31. The minimum Gasteiger partial charge on any atom is -0.383 e. The van der Waals surface area contributed by atoms with Crippen molar-refractivity contribution < 1.29 is 9.53 Å². The molecule has 2 N–H and O–H groups in total. The topological polar surface area (TPSA) is 50.4 Å². The number of ether oxygens (including phenoxy) is 1. The van der Waals surface area contributed by atoms with Crippen LogP contribution in [0.15, 0.2) is 60.7 Å². The van der Waals surface area contributed by atoms with Gasteiger partial charge in [-0.2, -0.15) is 0 Å². The molecule has 0 bridgehead atoms. The first-order chi connectivity index (χ1) is 11.7. The molecule has 136 valence electrons. The van der Waals surface area contributed by atoms with Crippen LogP contribution in [0.25, 0.3) is 0 Å². The van der Waals surface area contributed by atoms with Crippen molar-refractivity contribution >= 4 is 18.3 Å². The van der Waals surface area contributed by atoms with Crippen LogP contribution in [0.5, 0.6) is 0 Å². The van der Waals surface area contributed by atoms with Crippen LogP contribution in [0.1, 0.15) is 24.0 Å². The van der Waals surface area contributed by atoms with Crippen molar-refractivity contribution in [1.82, 2.24) is 10.6 Å². The zero-order valence-corrected chi connectivity index (χ0v) is 15.6. The maximum absolute atomic E-state index is 12.2. The quantitative estimate of drug-likeness (QED) is 0.674. The first kappa shape index (κ1) is 21.2. The minimum atomic E-state index is -0.00785. The van der Waals surface area contributed by atoms with Gasteiger partial charge in [0, 0.05) is 25.6 Å². The zero-order chi connectivity index (χ0) is 17.2. The molecule has 1 atom stereocenters. The lowest BCUT2D eigenvalue weighted by molar-refractivity contribution is -0.120. The van der Waals surface area contributed by atoms with Gasteiger partial charge >= 0.3 is 0 Å². The Morgan fingerprint density at radius 1 is 1.00 bits per heavy atom. The number of carbonyl (C=O) groups is 1. The summed E-state index contributed by atoms with van der Waals surface area (Å²) in [7, 11) is 1.65. The van der Waals surface area contributed by atoms with Gasteiger partial charge < -0.3 is 15.4 Å². The third kappa shape index (κ3) is 6.86. The van der Waals surface area contributed by atoms with Crippen LogP contribution in [-0.4, -0.2) is 38.8 Å². The summed E-state index contributed by atoms with van der Waals surface area (Å²) in [6.07, 6.45) is 0. The Labute approximate surface area is 156 Å². The van der Waals surface area contributed by atoms with E-state index in [2.05, 4.69) is 41.8 Å². The molecule has 0 aromatic heterocycles. The molecule has 0 radical (unpaired) electrons. The second-order valence-corrected chi connectivity index (χ2v) is 5.82. The third-order valence-corrected chi connectivity index (χ3v) is 3.97. The maximum Gasteiger partial charge on any atom is 0.234 e. The lowest BCUT2D eigenvalue weighted by Gasteiger charge is -2.26. The Bertz CT molecular complexity index is 568. The molecule has 4 nitrogen and oxygen atoms in total. The zero-order valence-electron chi connectivity index (χ0n) is 14.8. The lowest BCUT2D eigenvalue weighted by Crippen LogP contribution is -2.42. The van der Waals surface area contributed by atoms with Crippen molar-refractivity contribution in [2.24, 2.45) is 0 Å². The number of nitrogens with one attached hydrogen (secondary N) is 2. The van der Waals surface area contributed by atoms with Gasteiger partial charge in [0.25, 0.3) is 0 Å². The van der Waals surface area contributed by atoms with Crippen LogP contribution in [0, 0.1) is 0 Å². The standard InChI is InChI=1S/C20H26N2O2.ClH/c1-16(22-19(23)15-21-13-14-24-2)20(17-9-5-3-6-10-17)18-11-7-4-8-12-18;/h3-12,16,20-21H,13-15H2,1-2H3,(H,22,23);1H. The van der Waals surface area contributed by atoms with Gasteiger partial charge in [0.1, 0.15) is 0 Å². The summed E-state index contributed by atoms with van der Waals surface area (Å²) in [5.41, 5.74) is 2.40. The highest BCUT2D eigenvalue weighted by Gasteiger charge is 2.22. The molecule has 2 rings (SSSR count). The van der Waals surface area contributed by atoms with Crippen molar-refractivity contribution in [2.45, 2.75) is 18.9 Å². The number of hydrogen-bond donors (Lipinski definition) is 2. The fourth-order valence-corrected chi connectivity index (χ4v) is 2.85. The molecular formula is C20H27ClN2O2. The molecular weight excluding hydrogens is 336 g/mol. The van der Waals surface area contributed by atoms with Gasteiger partial charge in [0.15, 0.2) is 0 Å². The van der Waals surface area contributed by atoms with E-state index in [1.165, 1.54) is 11.1 Å². The smallest absolute Gasteiger partial charge is 0.234 e. The van der Waals surface area contributed by atoms with Gasteiger partial charge in [-0.3, -0.25) is 4.79 Å². The molecule has 2 aromatic carbocycles. The number of halogens is 1. The summed E-state index contributed by atoms with van der Waals surface area (Å²) in [5.74, 6) is 0.116. The highest BCUT2D eigenvalue weighted by Crippen LogP contribution is 2.27. The van der Waals surface area contributed by atoms with Crippen LogP contribution >= 0.6 is 12.4 Å². The maximum atomic E-state index is 12.2. The van der Waals surface area contributed by atoms with E-state index in [0.717, 1.165) is 0 Å². The number of benzene rings is 2. The Kier molecular flexibility index (Phi) is 9.85. The van der Waals surface area contributed by atoms with E-state index in [1.807, 2.05) is 36.4 Å². The highest BCUT2D eigenvalue weighted by atomic mass is 35.5. The summed E-state index contributed by atoms with van der Waals surface area (Å²) >= 11 is 0. The number of hydrogen-bond acceptors (Lipinski definition) is 3. The molecule has 0 fully saturated rings. The predicted octanol–water partition coefficient (Wildman–Crippen LogP) is 2.98. The second-order valence-electron chi connectivity index (χ2n) is 5.82. The lowest BCUT2D eigenvalue weighted by atomic mass is 9.86. The van der Waals surface area contributed by atoms with E-state index in [-0.39, 0.29) is 30.3 Å². The fourth-order valence-electron chi connectivity index (χ4n) is 2.85. The van der Waals surface area contributed by atoms with E-state index in [1.54, 1.807) is 7.11 Å². The molecule has 1 unspecified atom stereocenters. The van der Waals surface area contributed by atoms with Gasteiger partial charge in [0.05, 0.1) is 13.2 Å². The van der Waals surface area contributed by atoms with E-state index in [4.69, 9.17) is 4.74 Å². The fraction of sp³-hybridized carbons (Fsp3) is 0.350. The summed E-state index contributed by atoms with van der Waals surface area (Å²) in [6, 6.07) is 20.6. The molecule has 0 saturated carbocycles. The van der Waals surface area contributed by atoms with Gasteiger partial charge in [-0.05, 0) is 18.1 Å². The Morgan fingerprint density at radius 2 is 1.52 bits per heavy atom. The van der Waals surface area contributed by atoms with Crippen molar-refractivity contribution in [3.8, 4) is 0 Å². The van der Waals surface area contributed by atoms with Crippen LogP contribution in [-0.2, 0) is 9.53 Å². The summed E-state index contributed by atoms with van der Waals surface area (Å²) < 4.78 is 4.96. The molecule has 0 aliphatic rings. The molecule has 0 aliphatic heterocycles. The number of amides is 1. The number of rotatable bonds is 9. The molecule has 0 aliphatic carbocycles. The first-order valence-electron chi connectivity index (χ1n) is 8.31. The summed E-state index contributed by atoms with van der Waals surface area (Å²) in [6.45, 7) is 3.61. The minimum absolute atomic E-state index is 0. The Balaban J connectivity index is 0.00000312. The van der Waals surface area contributed by atoms with Crippen molar-refractivity contribution in [3.05, 3.63) is 71.8 Å². The molecule has 0 saturated heterocycles. The van der Waals surface area contributed by atoms with Crippen molar-refractivity contribution in [1.29, 1.82) is 0 Å². The van der Waals surface area contributed by atoms with E-state index in [9.17, 15) is 4.79 Å². The van der Waals surface area contributed by atoms with Crippen molar-refractivity contribution in [2.75, 3.05) is 26.8 Å². The third-order valence-electron chi connectivity index (χ3n) is 3.97. The van der Waals surface area contributed by atoms with Gasteiger partial charge in [-0.25, -0.2) is 0 Å². The SMILES string of the molecule is COCCNCC(=O)NC(C)C(c1ccccc1)c1ccccc1.Cl. The summed E-state index contributed by atoms with van der Waals surface area (Å²) in [5, 5.41) is 6.18. The molecule has 1 amide bonds. The van der Waals surface area contributed by atoms with Crippen LogP contribution in [0.3, 0.4) is 0 Å². The average molecular weight is 363 g/mol. The monoisotopic (exact) mass is 362 g/mol. The van der Waals surface area contributed by atoms with Gasteiger partial charge in [0.2, 0.25) is 5.91 Å². The predicted molar refractivity (Wildman–Crippen MR) is 104 cm³/mol.